The van der Waals surface area contributed by atoms with Crippen LogP contribution in [0.5, 0.6) is 0 Å². The Morgan fingerprint density at radius 2 is 1.76 bits per heavy atom. The summed E-state index contributed by atoms with van der Waals surface area (Å²) in [6.45, 7) is 6.79. The van der Waals surface area contributed by atoms with E-state index in [1.54, 1.807) is 12.1 Å². The smallest absolute Gasteiger partial charge is 0.146 e. The summed E-state index contributed by atoms with van der Waals surface area (Å²) in [6, 6.07) is 8.44. The van der Waals surface area contributed by atoms with Gasteiger partial charge in [-0.15, -0.1) is 0 Å². The summed E-state index contributed by atoms with van der Waals surface area (Å²) in [5.74, 6) is -0.0744. The fourth-order valence-electron chi connectivity index (χ4n) is 4.85. The molecule has 1 aliphatic heterocycles. The van der Waals surface area contributed by atoms with E-state index in [0.29, 0.717) is 12.1 Å². The van der Waals surface area contributed by atoms with Crippen LogP contribution in [0, 0.1) is 5.82 Å². The average Bonchev–Trinajstić information content (AvgIpc) is 2.67. The molecule has 29 heavy (non-hydrogen) atoms. The van der Waals surface area contributed by atoms with Crippen molar-refractivity contribution in [2.75, 3.05) is 32.1 Å². The van der Waals surface area contributed by atoms with Gasteiger partial charge >= 0.3 is 0 Å². The summed E-state index contributed by atoms with van der Waals surface area (Å²) in [6.07, 6.45) is 14.2. The molecule has 1 heterocycles. The lowest BCUT2D eigenvalue weighted by molar-refractivity contribution is -0.920. The van der Waals surface area contributed by atoms with Gasteiger partial charge in [0.25, 0.3) is 0 Å². The van der Waals surface area contributed by atoms with E-state index in [1.165, 1.54) is 64.3 Å². The van der Waals surface area contributed by atoms with Crippen LogP contribution in [0.3, 0.4) is 0 Å². The lowest BCUT2D eigenvalue weighted by Gasteiger charge is -2.43. The molecule has 0 N–H and O–H groups in total. The van der Waals surface area contributed by atoms with E-state index >= 15 is 0 Å². The van der Waals surface area contributed by atoms with Gasteiger partial charge in [-0.05, 0) is 44.7 Å². The summed E-state index contributed by atoms with van der Waals surface area (Å²) in [5, 5.41) is 0. The third-order valence-corrected chi connectivity index (χ3v) is 6.88. The Morgan fingerprint density at radius 3 is 2.45 bits per heavy atom. The molecule has 1 fully saturated rings. The maximum absolute atomic E-state index is 14.6. The highest BCUT2D eigenvalue weighted by atomic mass is 127. The fourth-order valence-corrected chi connectivity index (χ4v) is 4.85. The molecule has 168 valence electrons. The van der Waals surface area contributed by atoms with Crippen molar-refractivity contribution in [3.63, 3.8) is 0 Å². The maximum Gasteiger partial charge on any atom is 0.146 e. The van der Waals surface area contributed by atoms with Crippen LogP contribution in [0.4, 0.5) is 10.1 Å². The summed E-state index contributed by atoms with van der Waals surface area (Å²) in [5.41, 5.74) is 0.794. The highest BCUT2D eigenvalue weighted by Crippen LogP contribution is 2.28. The Kier molecular flexibility index (Phi) is 12.7. The Hall–Kier alpha value is -0.360. The van der Waals surface area contributed by atoms with Gasteiger partial charge in [0, 0.05) is 19.0 Å². The SMILES string of the molecule is CCCCCCCCC(C)N(CCC1CCCC[N+]1(C)C)c1ccccc1F.[I-]. The monoisotopic (exact) mass is 518 g/mol. The van der Waals surface area contributed by atoms with Gasteiger partial charge in [0.1, 0.15) is 5.82 Å². The molecule has 0 amide bonds. The van der Waals surface area contributed by atoms with Crippen molar-refractivity contribution in [1.82, 2.24) is 0 Å². The van der Waals surface area contributed by atoms with Crippen molar-refractivity contribution in [2.45, 2.75) is 96.6 Å². The van der Waals surface area contributed by atoms with E-state index in [-0.39, 0.29) is 29.8 Å². The summed E-state index contributed by atoms with van der Waals surface area (Å²) >= 11 is 0. The zero-order chi connectivity index (χ0) is 20.4. The summed E-state index contributed by atoms with van der Waals surface area (Å²) in [7, 11) is 4.74. The summed E-state index contributed by atoms with van der Waals surface area (Å²) < 4.78 is 15.7. The number of hydrogen-bond acceptors (Lipinski definition) is 1. The molecule has 0 saturated carbocycles. The standard InChI is InChI=1S/C25H44FN2.HI/c1-5-6-7-8-9-10-15-22(2)27(25-18-12-11-17-24(25)26)20-19-23-16-13-14-21-28(23,3)4;/h11-12,17-18,22-23H,5-10,13-16,19-21H2,1-4H3;1H/q+1;/p-1. The molecule has 0 aliphatic carbocycles. The molecule has 1 aromatic rings. The largest absolute Gasteiger partial charge is 1.00 e. The minimum absolute atomic E-state index is 0. The van der Waals surface area contributed by atoms with E-state index in [1.807, 2.05) is 12.1 Å². The van der Waals surface area contributed by atoms with E-state index < -0.39 is 0 Å². The lowest BCUT2D eigenvalue weighted by Crippen LogP contribution is -3.00. The molecule has 0 aromatic heterocycles. The minimum Gasteiger partial charge on any atom is -1.00 e. The fraction of sp³-hybridized carbons (Fsp3) is 0.760. The van der Waals surface area contributed by atoms with E-state index in [4.69, 9.17) is 0 Å². The topological polar surface area (TPSA) is 3.24 Å². The molecular weight excluding hydrogens is 474 g/mol. The molecular formula is C25H44FIN2. The molecule has 1 aliphatic rings. The van der Waals surface area contributed by atoms with Gasteiger partial charge in [0.05, 0.1) is 32.4 Å². The van der Waals surface area contributed by atoms with Crippen molar-refractivity contribution >= 4 is 5.69 Å². The van der Waals surface area contributed by atoms with E-state index in [0.717, 1.165) is 29.6 Å². The quantitative estimate of drug-likeness (QED) is 0.231. The van der Waals surface area contributed by atoms with Crippen LogP contribution in [0.1, 0.15) is 84.5 Å². The van der Waals surface area contributed by atoms with E-state index in [9.17, 15) is 4.39 Å². The van der Waals surface area contributed by atoms with Gasteiger partial charge in [-0.1, -0.05) is 57.6 Å². The molecule has 1 aromatic carbocycles. The van der Waals surface area contributed by atoms with Crippen molar-refractivity contribution in [1.29, 1.82) is 0 Å². The number of rotatable bonds is 12. The van der Waals surface area contributed by atoms with Gasteiger partial charge in [0.15, 0.2) is 0 Å². The Morgan fingerprint density at radius 1 is 1.07 bits per heavy atom. The van der Waals surface area contributed by atoms with Crippen molar-refractivity contribution in [3.05, 3.63) is 30.1 Å². The molecule has 1 saturated heterocycles. The highest BCUT2D eigenvalue weighted by Gasteiger charge is 2.32. The lowest BCUT2D eigenvalue weighted by atomic mass is 9.96. The maximum atomic E-state index is 14.6. The number of quaternary nitrogens is 1. The zero-order valence-electron chi connectivity index (χ0n) is 19.3. The first-order valence-corrected chi connectivity index (χ1v) is 11.8. The number of likely N-dealkylation sites (tertiary alicyclic amines) is 1. The first-order valence-electron chi connectivity index (χ1n) is 11.8. The van der Waals surface area contributed by atoms with Crippen LogP contribution in [0.2, 0.25) is 0 Å². The van der Waals surface area contributed by atoms with Crippen molar-refractivity contribution < 1.29 is 32.9 Å². The Bertz CT molecular complexity index is 564. The third-order valence-electron chi connectivity index (χ3n) is 6.88. The predicted molar refractivity (Wildman–Crippen MR) is 120 cm³/mol. The minimum atomic E-state index is -0.0744. The average molecular weight is 519 g/mol. The highest BCUT2D eigenvalue weighted by molar-refractivity contribution is 5.48. The number of benzene rings is 1. The first-order chi connectivity index (χ1) is 13.5. The van der Waals surface area contributed by atoms with Crippen LogP contribution in [0.25, 0.3) is 0 Å². The Balaban J connectivity index is 0.00000420. The second kappa shape index (κ2) is 13.8. The van der Waals surface area contributed by atoms with Crippen LogP contribution in [-0.2, 0) is 0 Å². The number of hydrogen-bond donors (Lipinski definition) is 0. The number of para-hydroxylation sites is 1. The number of piperidine rings is 1. The van der Waals surface area contributed by atoms with Crippen LogP contribution in [0.15, 0.2) is 24.3 Å². The second-order valence-corrected chi connectivity index (χ2v) is 9.49. The van der Waals surface area contributed by atoms with Gasteiger partial charge in [-0.2, -0.15) is 0 Å². The molecule has 4 heteroatoms. The second-order valence-electron chi connectivity index (χ2n) is 9.49. The number of halogens is 2. The zero-order valence-corrected chi connectivity index (χ0v) is 21.5. The molecule has 2 nitrogen and oxygen atoms in total. The van der Waals surface area contributed by atoms with Crippen LogP contribution in [-0.4, -0.2) is 43.8 Å². The molecule has 0 radical (unpaired) electrons. The summed E-state index contributed by atoms with van der Waals surface area (Å²) in [4.78, 5) is 2.36. The number of nitrogens with zero attached hydrogens (tertiary/aromatic N) is 2. The van der Waals surface area contributed by atoms with Gasteiger partial charge < -0.3 is 33.4 Å². The van der Waals surface area contributed by atoms with Crippen LogP contribution < -0.4 is 28.9 Å². The van der Waals surface area contributed by atoms with Crippen molar-refractivity contribution in [2.24, 2.45) is 0 Å². The van der Waals surface area contributed by atoms with Gasteiger partial charge in [0.2, 0.25) is 0 Å². The molecule has 0 spiro atoms. The number of unbranched alkanes of at least 4 members (excludes halogenated alkanes) is 5. The predicted octanol–water partition coefficient (Wildman–Crippen LogP) is 3.79. The normalized spacial score (nSPS) is 19.4. The molecule has 2 atom stereocenters. The van der Waals surface area contributed by atoms with E-state index in [2.05, 4.69) is 32.8 Å². The van der Waals surface area contributed by atoms with Gasteiger partial charge in [-0.25, -0.2) is 4.39 Å². The molecule has 2 unspecified atom stereocenters. The molecule has 2 rings (SSSR count). The Labute approximate surface area is 196 Å². The third kappa shape index (κ3) is 8.72. The number of anilines is 1. The first kappa shape index (κ1) is 26.7. The van der Waals surface area contributed by atoms with Crippen LogP contribution >= 0.6 is 0 Å². The van der Waals surface area contributed by atoms with Gasteiger partial charge in [-0.3, -0.25) is 0 Å². The molecule has 0 bridgehead atoms. The van der Waals surface area contributed by atoms with Crippen molar-refractivity contribution in [3.8, 4) is 0 Å².